The SMILES string of the molecule is COC(=O)C(N)CCSCCCSC. The van der Waals surface area contributed by atoms with Crippen molar-refractivity contribution in [2.24, 2.45) is 5.73 Å². The molecule has 0 saturated heterocycles. The van der Waals surface area contributed by atoms with E-state index in [1.807, 2.05) is 23.5 Å². The molecule has 1 unspecified atom stereocenters. The Balaban J connectivity index is 3.23. The van der Waals surface area contributed by atoms with Crippen molar-refractivity contribution < 1.29 is 9.53 Å². The van der Waals surface area contributed by atoms with Crippen LogP contribution < -0.4 is 5.73 Å². The first kappa shape index (κ1) is 14.1. The molecule has 0 aliphatic rings. The monoisotopic (exact) mass is 237 g/mol. The summed E-state index contributed by atoms with van der Waals surface area (Å²) in [7, 11) is 1.37. The normalized spacial score (nSPS) is 12.5. The van der Waals surface area contributed by atoms with Crippen LogP contribution in [0.4, 0.5) is 0 Å². The Morgan fingerprint density at radius 1 is 1.43 bits per heavy atom. The highest BCUT2D eigenvalue weighted by molar-refractivity contribution is 7.99. The summed E-state index contributed by atoms with van der Waals surface area (Å²) >= 11 is 3.71. The van der Waals surface area contributed by atoms with Gasteiger partial charge < -0.3 is 10.5 Å². The molecule has 0 aliphatic carbocycles. The molecule has 0 radical (unpaired) electrons. The first-order valence-corrected chi connectivity index (χ1v) is 7.17. The molecule has 0 aromatic carbocycles. The average Bonchev–Trinajstić information content (AvgIpc) is 2.21. The van der Waals surface area contributed by atoms with Gasteiger partial charge in [0.1, 0.15) is 6.04 Å². The van der Waals surface area contributed by atoms with Gasteiger partial charge in [-0.05, 0) is 36.4 Å². The highest BCUT2D eigenvalue weighted by Gasteiger charge is 2.12. The number of thioether (sulfide) groups is 2. The second kappa shape index (κ2) is 9.68. The zero-order valence-corrected chi connectivity index (χ0v) is 10.5. The number of hydrogen-bond acceptors (Lipinski definition) is 5. The van der Waals surface area contributed by atoms with Crippen LogP contribution in [0.15, 0.2) is 0 Å². The van der Waals surface area contributed by atoms with Crippen LogP contribution in [0, 0.1) is 0 Å². The van der Waals surface area contributed by atoms with Crippen molar-refractivity contribution in [3.63, 3.8) is 0 Å². The Hall–Kier alpha value is 0.130. The summed E-state index contributed by atoms with van der Waals surface area (Å²) in [5, 5.41) is 0. The smallest absolute Gasteiger partial charge is 0.322 e. The van der Waals surface area contributed by atoms with E-state index in [4.69, 9.17) is 5.73 Å². The number of hydrogen-bond donors (Lipinski definition) is 1. The molecule has 14 heavy (non-hydrogen) atoms. The van der Waals surface area contributed by atoms with Gasteiger partial charge in [0.05, 0.1) is 7.11 Å². The van der Waals surface area contributed by atoms with Crippen molar-refractivity contribution in [2.45, 2.75) is 18.9 Å². The minimum absolute atomic E-state index is 0.310. The van der Waals surface area contributed by atoms with Gasteiger partial charge in [-0.25, -0.2) is 0 Å². The largest absolute Gasteiger partial charge is 0.468 e. The highest BCUT2D eigenvalue weighted by Crippen LogP contribution is 2.08. The molecule has 2 N–H and O–H groups in total. The summed E-state index contributed by atoms with van der Waals surface area (Å²) in [4.78, 5) is 10.9. The van der Waals surface area contributed by atoms with E-state index in [0.717, 1.165) is 11.5 Å². The van der Waals surface area contributed by atoms with E-state index in [9.17, 15) is 4.79 Å². The summed E-state index contributed by atoms with van der Waals surface area (Å²) in [5.74, 6) is 2.98. The van der Waals surface area contributed by atoms with Gasteiger partial charge in [-0.2, -0.15) is 23.5 Å². The summed E-state index contributed by atoms with van der Waals surface area (Å²) in [5.41, 5.74) is 5.58. The molecule has 0 rings (SSSR count). The van der Waals surface area contributed by atoms with Crippen LogP contribution in [0.25, 0.3) is 0 Å². The van der Waals surface area contributed by atoms with Crippen molar-refractivity contribution in [1.29, 1.82) is 0 Å². The van der Waals surface area contributed by atoms with Gasteiger partial charge >= 0.3 is 5.97 Å². The molecule has 0 aliphatic heterocycles. The second-order valence-electron chi connectivity index (χ2n) is 2.88. The number of ether oxygens (including phenoxy) is 1. The zero-order chi connectivity index (χ0) is 10.8. The third-order valence-corrected chi connectivity index (χ3v) is 3.51. The van der Waals surface area contributed by atoms with Gasteiger partial charge in [-0.3, -0.25) is 4.79 Å². The van der Waals surface area contributed by atoms with Crippen LogP contribution in [0.3, 0.4) is 0 Å². The molecule has 0 aromatic rings. The van der Waals surface area contributed by atoms with Crippen molar-refractivity contribution in [3.8, 4) is 0 Å². The van der Waals surface area contributed by atoms with Gasteiger partial charge in [0.25, 0.3) is 0 Å². The number of methoxy groups -OCH3 is 1. The van der Waals surface area contributed by atoms with E-state index >= 15 is 0 Å². The Morgan fingerprint density at radius 2 is 2.14 bits per heavy atom. The average molecular weight is 237 g/mol. The van der Waals surface area contributed by atoms with Crippen LogP contribution in [0.1, 0.15) is 12.8 Å². The summed E-state index contributed by atoms with van der Waals surface area (Å²) in [6.07, 6.45) is 4.04. The van der Waals surface area contributed by atoms with Gasteiger partial charge in [-0.15, -0.1) is 0 Å². The molecule has 1 atom stereocenters. The van der Waals surface area contributed by atoms with E-state index in [-0.39, 0.29) is 5.97 Å². The van der Waals surface area contributed by atoms with Gasteiger partial charge in [0, 0.05) is 0 Å². The third-order valence-electron chi connectivity index (χ3n) is 1.71. The molecule has 0 aromatic heterocycles. The molecule has 5 heteroatoms. The minimum atomic E-state index is -0.451. The number of carbonyl (C=O) groups excluding carboxylic acids is 1. The predicted molar refractivity (Wildman–Crippen MR) is 64.9 cm³/mol. The lowest BCUT2D eigenvalue weighted by Gasteiger charge is -2.08. The van der Waals surface area contributed by atoms with E-state index < -0.39 is 6.04 Å². The number of esters is 1. The number of rotatable bonds is 8. The number of nitrogens with two attached hydrogens (primary N) is 1. The molecule has 0 spiro atoms. The Morgan fingerprint density at radius 3 is 2.71 bits per heavy atom. The molecule has 3 nitrogen and oxygen atoms in total. The summed E-state index contributed by atoms with van der Waals surface area (Å²) in [6.45, 7) is 0. The first-order chi connectivity index (χ1) is 6.72. The molecule has 0 amide bonds. The molecule has 0 fully saturated rings. The maximum atomic E-state index is 10.9. The fourth-order valence-corrected chi connectivity index (χ4v) is 2.48. The maximum absolute atomic E-state index is 10.9. The van der Waals surface area contributed by atoms with Crippen LogP contribution in [-0.2, 0) is 9.53 Å². The maximum Gasteiger partial charge on any atom is 0.322 e. The van der Waals surface area contributed by atoms with E-state index in [1.54, 1.807) is 0 Å². The lowest BCUT2D eigenvalue weighted by Crippen LogP contribution is -2.32. The highest BCUT2D eigenvalue weighted by atomic mass is 32.2. The fourth-order valence-electron chi connectivity index (χ4n) is 0.887. The standard InChI is InChI=1S/C9H19NO2S2/c1-12-9(11)8(10)4-7-14-6-3-5-13-2/h8H,3-7,10H2,1-2H3. The molecule has 0 bridgehead atoms. The molecular formula is C9H19NO2S2. The van der Waals surface area contributed by atoms with Crippen molar-refractivity contribution >= 4 is 29.5 Å². The zero-order valence-electron chi connectivity index (χ0n) is 8.82. The third kappa shape index (κ3) is 7.53. The van der Waals surface area contributed by atoms with Crippen LogP contribution >= 0.6 is 23.5 Å². The lowest BCUT2D eigenvalue weighted by molar-refractivity contribution is -0.142. The lowest BCUT2D eigenvalue weighted by atomic mass is 10.2. The minimum Gasteiger partial charge on any atom is -0.468 e. The molecule has 0 saturated carbocycles. The van der Waals surface area contributed by atoms with Gasteiger partial charge in [-0.1, -0.05) is 0 Å². The van der Waals surface area contributed by atoms with Crippen LogP contribution in [0.5, 0.6) is 0 Å². The molecule has 84 valence electrons. The van der Waals surface area contributed by atoms with Crippen LogP contribution in [-0.4, -0.2) is 42.6 Å². The quantitative estimate of drug-likeness (QED) is 0.510. The Labute approximate surface area is 94.5 Å². The molecule has 0 heterocycles. The van der Waals surface area contributed by atoms with E-state index in [1.165, 1.54) is 19.3 Å². The topological polar surface area (TPSA) is 52.3 Å². The second-order valence-corrected chi connectivity index (χ2v) is 5.09. The van der Waals surface area contributed by atoms with E-state index in [0.29, 0.717) is 6.42 Å². The van der Waals surface area contributed by atoms with Crippen molar-refractivity contribution in [1.82, 2.24) is 0 Å². The van der Waals surface area contributed by atoms with Gasteiger partial charge in [0.2, 0.25) is 0 Å². The van der Waals surface area contributed by atoms with Crippen LogP contribution in [0.2, 0.25) is 0 Å². The predicted octanol–water partition coefficient (Wildman–Crippen LogP) is 1.36. The fraction of sp³-hybridized carbons (Fsp3) is 0.889. The first-order valence-electron chi connectivity index (χ1n) is 4.62. The van der Waals surface area contributed by atoms with Crippen molar-refractivity contribution in [3.05, 3.63) is 0 Å². The Bertz CT molecular complexity index is 156. The van der Waals surface area contributed by atoms with E-state index in [2.05, 4.69) is 11.0 Å². The molecular weight excluding hydrogens is 218 g/mol. The van der Waals surface area contributed by atoms with Crippen molar-refractivity contribution in [2.75, 3.05) is 30.6 Å². The van der Waals surface area contributed by atoms with Gasteiger partial charge in [0.15, 0.2) is 0 Å². The number of carbonyl (C=O) groups is 1. The summed E-state index contributed by atoms with van der Waals surface area (Å²) in [6, 6.07) is -0.451. The Kier molecular flexibility index (Phi) is 9.77. The summed E-state index contributed by atoms with van der Waals surface area (Å²) < 4.78 is 4.53.